The molecule has 1 aromatic rings. The number of Topliss-reactive ketones (excluding diaryl/α,β-unsaturated/α-hetero) is 1. The Morgan fingerprint density at radius 1 is 1.33 bits per heavy atom. The first-order chi connectivity index (χ1) is 8.66. The van der Waals surface area contributed by atoms with Gasteiger partial charge < -0.3 is 0 Å². The van der Waals surface area contributed by atoms with E-state index in [2.05, 4.69) is 9.88 Å². The third-order valence-electron chi connectivity index (χ3n) is 3.66. The highest BCUT2D eigenvalue weighted by molar-refractivity contribution is 5.84. The Morgan fingerprint density at radius 2 is 2.17 bits per heavy atom. The molecule has 1 atom stereocenters. The molecule has 1 aromatic heterocycles. The minimum absolute atomic E-state index is 0.0924. The molecule has 0 bridgehead atoms. The minimum Gasteiger partial charge on any atom is -0.298 e. The predicted molar refractivity (Wildman–Crippen MR) is 72.3 cm³/mol. The lowest BCUT2D eigenvalue weighted by molar-refractivity contribution is -0.123. The van der Waals surface area contributed by atoms with Crippen LogP contribution >= 0.6 is 0 Å². The highest BCUT2D eigenvalue weighted by Gasteiger charge is 2.24. The molecule has 0 N–H and O–H groups in total. The number of rotatable bonds is 3. The zero-order valence-corrected chi connectivity index (χ0v) is 11.4. The maximum absolute atomic E-state index is 12.1. The predicted octanol–water partition coefficient (Wildman–Crippen LogP) is 2.72. The van der Waals surface area contributed by atoms with E-state index in [4.69, 9.17) is 0 Å². The average molecular weight is 246 g/mol. The zero-order chi connectivity index (χ0) is 13.0. The summed E-state index contributed by atoms with van der Waals surface area (Å²) in [4.78, 5) is 18.7. The molecule has 0 radical (unpaired) electrons. The van der Waals surface area contributed by atoms with Crippen LogP contribution in [-0.2, 0) is 11.3 Å². The fraction of sp³-hybridized carbons (Fsp3) is 0.600. The molecule has 2 rings (SSSR count). The third kappa shape index (κ3) is 3.39. The molecule has 3 nitrogen and oxygen atoms in total. The Labute approximate surface area is 109 Å². The summed E-state index contributed by atoms with van der Waals surface area (Å²) in [5, 5.41) is 0. The van der Waals surface area contributed by atoms with Gasteiger partial charge in [-0.05, 0) is 38.9 Å². The molecular weight excluding hydrogens is 224 g/mol. The van der Waals surface area contributed by atoms with Crippen LogP contribution in [0.5, 0.6) is 0 Å². The molecular formula is C15H22N2O. The van der Waals surface area contributed by atoms with Crippen LogP contribution in [0.3, 0.4) is 0 Å². The molecule has 1 aliphatic rings. The molecule has 18 heavy (non-hydrogen) atoms. The van der Waals surface area contributed by atoms with Gasteiger partial charge in [-0.25, -0.2) is 0 Å². The number of aryl methyl sites for hydroxylation is 1. The molecule has 3 heteroatoms. The number of ketones is 1. The van der Waals surface area contributed by atoms with Crippen LogP contribution in [0.1, 0.15) is 43.5 Å². The zero-order valence-electron chi connectivity index (χ0n) is 11.4. The van der Waals surface area contributed by atoms with Gasteiger partial charge >= 0.3 is 0 Å². The lowest BCUT2D eigenvalue weighted by Gasteiger charge is -2.25. The van der Waals surface area contributed by atoms with Gasteiger partial charge in [-0.15, -0.1) is 0 Å². The highest BCUT2D eigenvalue weighted by atomic mass is 16.1. The van der Waals surface area contributed by atoms with Crippen molar-refractivity contribution in [1.29, 1.82) is 0 Å². The van der Waals surface area contributed by atoms with Crippen molar-refractivity contribution in [3.8, 4) is 0 Å². The van der Waals surface area contributed by atoms with Crippen molar-refractivity contribution < 1.29 is 4.79 Å². The Hall–Kier alpha value is -1.22. The number of pyridine rings is 1. The van der Waals surface area contributed by atoms with E-state index in [0.29, 0.717) is 5.78 Å². The lowest BCUT2D eigenvalue weighted by Crippen LogP contribution is -2.37. The Morgan fingerprint density at radius 3 is 2.94 bits per heavy atom. The Balaban J connectivity index is 2.02. The van der Waals surface area contributed by atoms with E-state index in [1.54, 1.807) is 0 Å². The summed E-state index contributed by atoms with van der Waals surface area (Å²) in [6.07, 6.45) is 5.17. The molecule has 98 valence electrons. The van der Waals surface area contributed by atoms with E-state index in [1.807, 2.05) is 32.2 Å². The summed E-state index contributed by atoms with van der Waals surface area (Å²) >= 11 is 0. The summed E-state index contributed by atoms with van der Waals surface area (Å²) in [6, 6.07) is 6.15. The molecule has 0 saturated heterocycles. The van der Waals surface area contributed by atoms with Crippen molar-refractivity contribution in [2.24, 2.45) is 0 Å². The minimum atomic E-state index is 0.0924. The number of carbonyl (C=O) groups excluding carboxylic acids is 1. The summed E-state index contributed by atoms with van der Waals surface area (Å²) in [5.74, 6) is 0.405. The average Bonchev–Trinajstić information content (AvgIpc) is 2.54. The molecule has 1 fully saturated rings. The second-order valence-corrected chi connectivity index (χ2v) is 5.27. The summed E-state index contributed by atoms with van der Waals surface area (Å²) in [6.45, 7) is 2.76. The largest absolute Gasteiger partial charge is 0.298 e. The SMILES string of the molecule is Cc1cccc(CN(C)C2CCCCCC2=O)n1. The van der Waals surface area contributed by atoms with Gasteiger partial charge in [0.2, 0.25) is 0 Å². The number of likely N-dealkylation sites (N-methyl/N-ethyl adjacent to an activating group) is 1. The Kier molecular flexibility index (Phi) is 4.48. The number of hydrogen-bond donors (Lipinski definition) is 0. The first kappa shape index (κ1) is 13.2. The van der Waals surface area contributed by atoms with E-state index in [0.717, 1.165) is 37.2 Å². The van der Waals surface area contributed by atoms with Gasteiger partial charge in [-0.2, -0.15) is 0 Å². The van der Waals surface area contributed by atoms with Gasteiger partial charge in [0.25, 0.3) is 0 Å². The van der Waals surface area contributed by atoms with Crippen LogP contribution in [0.4, 0.5) is 0 Å². The van der Waals surface area contributed by atoms with Crippen molar-refractivity contribution in [3.05, 3.63) is 29.6 Å². The molecule has 1 saturated carbocycles. The van der Waals surface area contributed by atoms with Crippen LogP contribution in [0.15, 0.2) is 18.2 Å². The van der Waals surface area contributed by atoms with Crippen LogP contribution in [0.25, 0.3) is 0 Å². The lowest BCUT2D eigenvalue weighted by atomic mass is 10.1. The summed E-state index contributed by atoms with van der Waals surface area (Å²) in [5.41, 5.74) is 2.09. The fourth-order valence-electron chi connectivity index (χ4n) is 2.66. The van der Waals surface area contributed by atoms with Crippen molar-refractivity contribution in [2.45, 2.75) is 51.6 Å². The van der Waals surface area contributed by atoms with Crippen molar-refractivity contribution in [1.82, 2.24) is 9.88 Å². The highest BCUT2D eigenvalue weighted by Crippen LogP contribution is 2.19. The second-order valence-electron chi connectivity index (χ2n) is 5.27. The molecule has 0 aliphatic heterocycles. The maximum Gasteiger partial charge on any atom is 0.149 e. The van der Waals surface area contributed by atoms with Crippen molar-refractivity contribution in [2.75, 3.05) is 7.05 Å². The first-order valence-electron chi connectivity index (χ1n) is 6.82. The molecule has 0 spiro atoms. The second kappa shape index (κ2) is 6.10. The number of aromatic nitrogens is 1. The molecule has 1 aliphatic carbocycles. The molecule has 0 amide bonds. The van der Waals surface area contributed by atoms with Gasteiger partial charge in [-0.3, -0.25) is 14.7 Å². The standard InChI is InChI=1S/C15H22N2O/c1-12-7-6-8-13(16-12)11-17(2)14-9-4-3-5-10-15(14)18/h6-8,14H,3-5,9-11H2,1-2H3. The van der Waals surface area contributed by atoms with E-state index in [9.17, 15) is 4.79 Å². The van der Waals surface area contributed by atoms with Crippen molar-refractivity contribution >= 4 is 5.78 Å². The van der Waals surface area contributed by atoms with Gasteiger partial charge in [0, 0.05) is 18.7 Å². The van der Waals surface area contributed by atoms with Crippen LogP contribution in [0.2, 0.25) is 0 Å². The normalized spacial score (nSPS) is 21.1. The van der Waals surface area contributed by atoms with Gasteiger partial charge in [0.1, 0.15) is 5.78 Å². The van der Waals surface area contributed by atoms with E-state index >= 15 is 0 Å². The molecule has 1 heterocycles. The number of nitrogens with zero attached hydrogens (tertiary/aromatic N) is 2. The monoisotopic (exact) mass is 246 g/mol. The van der Waals surface area contributed by atoms with E-state index < -0.39 is 0 Å². The molecule has 0 aromatic carbocycles. The van der Waals surface area contributed by atoms with Gasteiger partial charge in [0.15, 0.2) is 0 Å². The fourth-order valence-corrected chi connectivity index (χ4v) is 2.66. The smallest absolute Gasteiger partial charge is 0.149 e. The number of carbonyl (C=O) groups is 1. The number of hydrogen-bond acceptors (Lipinski definition) is 3. The van der Waals surface area contributed by atoms with Crippen LogP contribution in [-0.4, -0.2) is 28.8 Å². The van der Waals surface area contributed by atoms with Crippen LogP contribution in [0, 0.1) is 6.92 Å². The maximum atomic E-state index is 12.1. The van der Waals surface area contributed by atoms with Gasteiger partial charge in [0.05, 0.1) is 11.7 Å². The Bertz CT molecular complexity index is 417. The quantitative estimate of drug-likeness (QED) is 0.769. The first-order valence-corrected chi connectivity index (χ1v) is 6.82. The third-order valence-corrected chi connectivity index (χ3v) is 3.66. The van der Waals surface area contributed by atoms with Crippen molar-refractivity contribution in [3.63, 3.8) is 0 Å². The van der Waals surface area contributed by atoms with E-state index in [1.165, 1.54) is 12.8 Å². The summed E-state index contributed by atoms with van der Waals surface area (Å²) in [7, 11) is 2.04. The topological polar surface area (TPSA) is 33.2 Å². The van der Waals surface area contributed by atoms with Crippen LogP contribution < -0.4 is 0 Å². The summed E-state index contributed by atoms with van der Waals surface area (Å²) < 4.78 is 0. The van der Waals surface area contributed by atoms with Gasteiger partial charge in [-0.1, -0.05) is 18.9 Å². The molecule has 1 unspecified atom stereocenters. The van der Waals surface area contributed by atoms with E-state index in [-0.39, 0.29) is 6.04 Å².